The number of methoxy groups -OCH3 is 2. The molecule has 3 saturated heterocycles. The topological polar surface area (TPSA) is 353 Å². The van der Waals surface area contributed by atoms with E-state index in [1.54, 1.807) is 0 Å². The summed E-state index contributed by atoms with van der Waals surface area (Å²) in [6, 6.07) is 10.4. The zero-order valence-electron chi connectivity index (χ0n) is 36.0. The molecule has 11 N–H and O–H groups in total. The summed E-state index contributed by atoms with van der Waals surface area (Å²) in [5.74, 6) is -4.30. The predicted molar refractivity (Wildman–Crippen MR) is 224 cm³/mol. The molecule has 364 valence electrons. The molecule has 15 atom stereocenters. The fourth-order valence-corrected chi connectivity index (χ4v) is 7.68. The van der Waals surface area contributed by atoms with Crippen molar-refractivity contribution in [1.29, 1.82) is 0 Å². The highest BCUT2D eigenvalue weighted by Crippen LogP contribution is 2.44. The highest BCUT2D eigenvalue weighted by Gasteiger charge is 2.53. The van der Waals surface area contributed by atoms with Gasteiger partial charge in [0.2, 0.25) is 23.2 Å². The first kappa shape index (κ1) is 49.1. The maximum absolute atomic E-state index is 14.4. The third kappa shape index (κ3) is 9.94. The quantitative estimate of drug-likeness (QED) is 0.0591. The molecule has 0 unspecified atom stereocenters. The zero-order chi connectivity index (χ0) is 48.6. The van der Waals surface area contributed by atoms with E-state index in [0.717, 1.165) is 19.3 Å². The van der Waals surface area contributed by atoms with E-state index >= 15 is 0 Å². The lowest BCUT2D eigenvalue weighted by Gasteiger charge is -2.46. The summed E-state index contributed by atoms with van der Waals surface area (Å²) in [7, 11) is 2.45. The number of benzene rings is 3. The Bertz CT molecular complexity index is 2480. The molecule has 3 aliphatic rings. The Balaban J connectivity index is 1.19. The van der Waals surface area contributed by atoms with Crippen molar-refractivity contribution in [1.82, 2.24) is 0 Å². The lowest BCUT2D eigenvalue weighted by Crippen LogP contribution is -2.65. The number of aliphatic hydroxyl groups excluding tert-OH is 7. The second-order valence-electron chi connectivity index (χ2n) is 15.9. The molecule has 0 radical (unpaired) electrons. The number of esters is 1. The Morgan fingerprint density at radius 2 is 1.37 bits per heavy atom. The Kier molecular flexibility index (Phi) is 14.8. The lowest BCUT2D eigenvalue weighted by atomic mass is 9.97. The van der Waals surface area contributed by atoms with Crippen molar-refractivity contribution >= 4 is 23.0 Å². The van der Waals surface area contributed by atoms with Gasteiger partial charge in [-0.2, -0.15) is 0 Å². The monoisotopic (exact) mass is 946 g/mol. The van der Waals surface area contributed by atoms with E-state index in [0.29, 0.717) is 5.56 Å². The summed E-state index contributed by atoms with van der Waals surface area (Å²) >= 11 is 0. The van der Waals surface area contributed by atoms with Crippen molar-refractivity contribution < 1.29 is 108 Å². The first-order valence-electron chi connectivity index (χ1n) is 20.6. The van der Waals surface area contributed by atoms with Crippen LogP contribution < -0.4 is 19.6 Å². The minimum Gasteiger partial charge on any atom is -0.508 e. The Morgan fingerprint density at radius 1 is 0.687 bits per heavy atom. The minimum atomic E-state index is -2.09. The van der Waals surface area contributed by atoms with Gasteiger partial charge in [-0.25, -0.2) is 4.79 Å². The number of aliphatic hydroxyl groups is 7. The molecule has 0 bridgehead atoms. The molecular weight excluding hydrogens is 896 g/mol. The highest BCUT2D eigenvalue weighted by atomic mass is 16.8. The van der Waals surface area contributed by atoms with Crippen LogP contribution in [0.3, 0.4) is 0 Å². The molecule has 67 heavy (non-hydrogen) atoms. The van der Waals surface area contributed by atoms with Crippen molar-refractivity contribution in [3.8, 4) is 51.6 Å². The average molecular weight is 947 g/mol. The Labute approximate surface area is 379 Å². The maximum Gasteiger partial charge on any atom is 0.331 e. The van der Waals surface area contributed by atoms with Crippen LogP contribution in [0.4, 0.5) is 0 Å². The maximum atomic E-state index is 14.4. The van der Waals surface area contributed by atoms with Gasteiger partial charge in [0, 0.05) is 17.7 Å². The van der Waals surface area contributed by atoms with Gasteiger partial charge >= 0.3 is 5.97 Å². The van der Waals surface area contributed by atoms with Gasteiger partial charge < -0.3 is 103 Å². The first-order chi connectivity index (χ1) is 31.8. The predicted octanol–water partition coefficient (Wildman–Crippen LogP) is -0.554. The van der Waals surface area contributed by atoms with Gasteiger partial charge in [-0.15, -0.1) is 0 Å². The molecular formula is C44H50O23. The van der Waals surface area contributed by atoms with Gasteiger partial charge in [-0.1, -0.05) is 6.07 Å². The number of aromatic hydroxyl groups is 4. The number of fused-ring (bicyclic) bond motifs is 1. The summed E-state index contributed by atoms with van der Waals surface area (Å²) in [6.07, 6.45) is -23.7. The van der Waals surface area contributed by atoms with Gasteiger partial charge in [0.15, 0.2) is 53.5 Å². The Hall–Kier alpha value is -5.80. The number of carbonyl (C=O) groups excluding carboxylic acids is 1. The summed E-state index contributed by atoms with van der Waals surface area (Å²) in [6.45, 7) is 1.97. The van der Waals surface area contributed by atoms with E-state index in [9.17, 15) is 65.8 Å². The fraction of sp³-hybridized carbons (Fsp3) is 0.455. The largest absolute Gasteiger partial charge is 0.508 e. The van der Waals surface area contributed by atoms with E-state index < -0.39 is 139 Å². The Morgan fingerprint density at radius 3 is 2.06 bits per heavy atom. The van der Waals surface area contributed by atoms with Crippen molar-refractivity contribution in [2.75, 3.05) is 20.8 Å². The molecule has 3 aliphatic heterocycles. The van der Waals surface area contributed by atoms with Crippen molar-refractivity contribution in [3.05, 3.63) is 70.4 Å². The summed E-state index contributed by atoms with van der Waals surface area (Å²) in [5.41, 5.74) is -0.957. The second-order valence-corrected chi connectivity index (χ2v) is 15.9. The molecule has 0 aliphatic carbocycles. The van der Waals surface area contributed by atoms with Crippen molar-refractivity contribution in [2.45, 2.75) is 106 Å². The third-order valence-corrected chi connectivity index (χ3v) is 11.4. The van der Waals surface area contributed by atoms with E-state index in [1.165, 1.54) is 69.5 Å². The van der Waals surface area contributed by atoms with E-state index in [2.05, 4.69) is 0 Å². The number of phenols is 4. The van der Waals surface area contributed by atoms with Crippen LogP contribution >= 0.6 is 0 Å². The molecule has 0 amide bonds. The zero-order valence-corrected chi connectivity index (χ0v) is 36.0. The number of carbonyl (C=O) groups is 1. The number of phenolic OH excluding ortho intramolecular Hbond substituents is 4. The van der Waals surface area contributed by atoms with Gasteiger partial charge in [0.1, 0.15) is 65.6 Å². The molecule has 3 fully saturated rings. The summed E-state index contributed by atoms with van der Waals surface area (Å²) < 4.78 is 56.7. The molecule has 23 nitrogen and oxygen atoms in total. The second kappa shape index (κ2) is 20.2. The van der Waals surface area contributed by atoms with Gasteiger partial charge in [-0.3, -0.25) is 4.79 Å². The van der Waals surface area contributed by atoms with E-state index in [4.69, 9.17) is 47.0 Å². The van der Waals surface area contributed by atoms with E-state index in [-0.39, 0.29) is 34.2 Å². The van der Waals surface area contributed by atoms with Crippen LogP contribution in [0, 0.1) is 0 Å². The normalized spacial score (nSPS) is 32.3. The van der Waals surface area contributed by atoms with E-state index in [1.807, 2.05) is 0 Å². The van der Waals surface area contributed by atoms with Crippen LogP contribution in [-0.2, 0) is 33.2 Å². The first-order valence-corrected chi connectivity index (χ1v) is 20.6. The van der Waals surface area contributed by atoms with Crippen LogP contribution in [0.2, 0.25) is 0 Å². The van der Waals surface area contributed by atoms with Crippen LogP contribution in [0.5, 0.6) is 40.2 Å². The van der Waals surface area contributed by atoms with Gasteiger partial charge in [0.05, 0.1) is 33.0 Å². The molecule has 4 aromatic rings. The molecule has 1 aromatic heterocycles. The van der Waals surface area contributed by atoms with Crippen LogP contribution in [-0.4, -0.2) is 175 Å². The average Bonchev–Trinajstić information content (AvgIpc) is 3.30. The molecule has 0 spiro atoms. The van der Waals surface area contributed by atoms with Crippen molar-refractivity contribution in [3.63, 3.8) is 0 Å². The van der Waals surface area contributed by atoms with Crippen LogP contribution in [0.25, 0.3) is 28.4 Å². The number of rotatable bonds is 13. The molecule has 4 heterocycles. The standard InChI is InChI=1S/C44H50O23/c1-16-28(49)33(54)35(56)43(62-16)67-41-34(55)30(51)25(15-60-42-36(57)39(29(50)17(2)61-42)65-26(48)12-6-18-5-11-21(46)23(13-18)58-3)64-44(41)66-40-32(53)27-24(14-22(47)38(59-4)31(27)52)63-37(40)19-7-9-20(45)10-8-19/h5-14,16-17,25,28-30,33-36,39,41-47,49-52,54-57H,15H2,1-4H3/t16-,17-,25+,28-,29-,30-,33+,34-,35+,36+,39+,41+,42+,43-,44-/m0/s1. The molecule has 3 aromatic carbocycles. The lowest BCUT2D eigenvalue weighted by molar-refractivity contribution is -0.360. The number of hydrogen-bond acceptors (Lipinski definition) is 23. The smallest absolute Gasteiger partial charge is 0.331 e. The fourth-order valence-electron chi connectivity index (χ4n) is 7.68. The highest BCUT2D eigenvalue weighted by molar-refractivity contribution is 5.91. The van der Waals surface area contributed by atoms with Gasteiger partial charge in [-0.05, 0) is 61.9 Å². The van der Waals surface area contributed by atoms with Gasteiger partial charge in [0.25, 0.3) is 0 Å². The molecule has 0 saturated carbocycles. The molecule has 7 rings (SSSR count). The summed E-state index contributed by atoms with van der Waals surface area (Å²) in [5, 5.41) is 118. The molecule has 23 heteroatoms. The van der Waals surface area contributed by atoms with Crippen LogP contribution in [0.1, 0.15) is 19.4 Å². The van der Waals surface area contributed by atoms with Crippen molar-refractivity contribution in [2.24, 2.45) is 0 Å². The summed E-state index contributed by atoms with van der Waals surface area (Å²) in [4.78, 5) is 27.3. The minimum absolute atomic E-state index is 0.0818. The third-order valence-electron chi connectivity index (χ3n) is 11.4. The SMILES string of the molecule is COc1cc(C=CC(=O)O[C@@H]2[C@@H](O)[C@H](C)O[C@@H](OC[C@H]3O[C@@H](Oc4c(-c5ccc(O)cc5)oc5cc(O)c(OC)c(O)c5c4=O)[C@H](O[C@@H]4O[C@@H](C)[C@H](O)[C@@H](O)[C@H]4O)[C@@H](O)[C@H]3O)[C@@H]2O)ccc1O. The van der Waals surface area contributed by atoms with Crippen LogP contribution in [0.15, 0.2) is 63.8 Å². The number of ether oxygens (including phenoxy) is 9. The number of hydrogen-bond donors (Lipinski definition) is 11.